The maximum atomic E-state index is 13.7. The van der Waals surface area contributed by atoms with Gasteiger partial charge in [-0.15, -0.1) is 10.2 Å². The lowest BCUT2D eigenvalue weighted by Crippen LogP contribution is -2.61. The van der Waals surface area contributed by atoms with Gasteiger partial charge in [0.1, 0.15) is 5.66 Å². The first-order valence-electron chi connectivity index (χ1n) is 14.4. The van der Waals surface area contributed by atoms with Crippen LogP contribution < -0.4 is 10.6 Å². The van der Waals surface area contributed by atoms with Crippen LogP contribution in [0.2, 0.25) is 0 Å². The summed E-state index contributed by atoms with van der Waals surface area (Å²) >= 11 is 1.23. The number of carbonyl (C=O) groups is 1. The molecule has 3 aromatic rings. The Morgan fingerprint density at radius 2 is 1.62 bits per heavy atom. The predicted octanol–water partition coefficient (Wildman–Crippen LogP) is 7.66. The van der Waals surface area contributed by atoms with E-state index in [4.69, 9.17) is 10.5 Å². The molecule has 0 aliphatic carbocycles. The van der Waals surface area contributed by atoms with Crippen molar-refractivity contribution >= 4 is 23.5 Å². The van der Waals surface area contributed by atoms with Crippen molar-refractivity contribution in [3.05, 3.63) is 70.0 Å². The Kier molecular flexibility index (Phi) is 10.4. The van der Waals surface area contributed by atoms with Crippen LogP contribution in [0.25, 0.3) is 0 Å². The SMILES string of the molecule is CCOC(=O)N1c2ccc(C(F)(F)F)cc2[C@@H](c2nnn(CCC(Cc3cc(C(F)(F)F)cc(C(F)(F)F)c3)SC)n2)C[C@@]1(N)CC. The normalized spacial score (nSPS) is 19.4. The van der Waals surface area contributed by atoms with Crippen LogP contribution in [0.5, 0.6) is 0 Å². The van der Waals surface area contributed by atoms with Gasteiger partial charge >= 0.3 is 24.6 Å². The van der Waals surface area contributed by atoms with Gasteiger partial charge in [0, 0.05) is 5.25 Å². The van der Waals surface area contributed by atoms with Gasteiger partial charge in [0.2, 0.25) is 0 Å². The van der Waals surface area contributed by atoms with Gasteiger partial charge in [-0.2, -0.15) is 56.1 Å². The van der Waals surface area contributed by atoms with E-state index < -0.39 is 58.1 Å². The van der Waals surface area contributed by atoms with E-state index in [1.807, 2.05) is 0 Å². The van der Waals surface area contributed by atoms with Crippen LogP contribution in [0.1, 0.15) is 72.7 Å². The van der Waals surface area contributed by atoms with Crippen LogP contribution in [0.4, 0.5) is 50.0 Å². The molecule has 0 saturated carbocycles. The minimum absolute atomic E-state index is 0.00129. The summed E-state index contributed by atoms with van der Waals surface area (Å²) in [5.41, 5.74) is 1.50. The first kappa shape index (κ1) is 36.3. The highest BCUT2D eigenvalue weighted by atomic mass is 32.2. The van der Waals surface area contributed by atoms with Crippen molar-refractivity contribution in [3.63, 3.8) is 0 Å². The van der Waals surface area contributed by atoms with Gasteiger partial charge in [-0.05, 0) is 91.6 Å². The average Bonchev–Trinajstić information content (AvgIpc) is 3.46. The van der Waals surface area contributed by atoms with E-state index in [1.165, 1.54) is 11.8 Å². The number of tetrazole rings is 1. The third-order valence-electron chi connectivity index (χ3n) is 7.91. The second kappa shape index (κ2) is 13.5. The summed E-state index contributed by atoms with van der Waals surface area (Å²) in [4.78, 5) is 15.2. The molecule has 258 valence electrons. The molecule has 18 heteroatoms. The topological polar surface area (TPSA) is 99.2 Å². The smallest absolute Gasteiger partial charge is 0.416 e. The number of alkyl halides is 9. The summed E-state index contributed by atoms with van der Waals surface area (Å²) in [6, 6.07) is 4.32. The maximum Gasteiger partial charge on any atom is 0.416 e. The zero-order valence-electron chi connectivity index (χ0n) is 25.3. The Bertz CT molecular complexity index is 1540. The van der Waals surface area contributed by atoms with Gasteiger partial charge in [-0.1, -0.05) is 6.92 Å². The Balaban J connectivity index is 1.61. The van der Waals surface area contributed by atoms with Crippen molar-refractivity contribution in [2.24, 2.45) is 5.73 Å². The minimum atomic E-state index is -4.98. The maximum absolute atomic E-state index is 13.7. The van der Waals surface area contributed by atoms with Crippen LogP contribution in [0.3, 0.4) is 0 Å². The number of halogens is 9. The molecule has 0 fully saturated rings. The number of amides is 1. The third-order valence-corrected chi connectivity index (χ3v) is 8.98. The summed E-state index contributed by atoms with van der Waals surface area (Å²) in [6.07, 6.45) is -13.6. The van der Waals surface area contributed by atoms with E-state index in [1.54, 1.807) is 20.1 Å². The van der Waals surface area contributed by atoms with E-state index in [-0.39, 0.29) is 67.5 Å². The standard InChI is InChI=1S/C29H31F9N6O2S/c1-4-26(39)15-22(21-14-17(27(30,31)32)6-7-23(21)44(26)25(45)46-5-2)24-40-42-43(41-24)9-8-20(47-3)12-16-10-18(28(33,34)35)13-19(11-16)29(36,37)38/h6-7,10-11,13-14,20,22H,4-5,8-9,12,15,39H2,1-3H3/t20?,22-,26+/m0/s1. The number of rotatable bonds is 9. The van der Waals surface area contributed by atoms with Crippen molar-refractivity contribution in [2.75, 3.05) is 17.8 Å². The fourth-order valence-electron chi connectivity index (χ4n) is 5.46. The van der Waals surface area contributed by atoms with Crippen LogP contribution in [0.15, 0.2) is 36.4 Å². The molecule has 1 amide bonds. The largest absolute Gasteiger partial charge is 0.449 e. The molecule has 1 aromatic heterocycles. The summed E-state index contributed by atoms with van der Waals surface area (Å²) in [7, 11) is 0. The Morgan fingerprint density at radius 3 is 2.15 bits per heavy atom. The van der Waals surface area contributed by atoms with Gasteiger partial charge in [0.05, 0.1) is 41.4 Å². The number of anilines is 1. The van der Waals surface area contributed by atoms with E-state index in [2.05, 4.69) is 15.4 Å². The van der Waals surface area contributed by atoms with E-state index in [9.17, 15) is 44.3 Å². The van der Waals surface area contributed by atoms with Crippen molar-refractivity contribution < 1.29 is 49.0 Å². The Morgan fingerprint density at radius 1 is 1.00 bits per heavy atom. The number of benzene rings is 2. The zero-order valence-corrected chi connectivity index (χ0v) is 26.1. The molecule has 1 aliphatic rings. The fraction of sp³-hybridized carbons (Fsp3) is 0.517. The van der Waals surface area contributed by atoms with Crippen LogP contribution in [-0.4, -0.2) is 50.1 Å². The van der Waals surface area contributed by atoms with Crippen LogP contribution in [-0.2, 0) is 36.2 Å². The van der Waals surface area contributed by atoms with Gasteiger partial charge in [0.25, 0.3) is 0 Å². The number of carbonyl (C=O) groups excluding carboxylic acids is 1. The highest BCUT2D eigenvalue weighted by molar-refractivity contribution is 7.99. The summed E-state index contributed by atoms with van der Waals surface area (Å²) in [5.74, 6) is -0.898. The number of nitrogens with two attached hydrogens (primary N) is 1. The molecule has 0 saturated heterocycles. The molecule has 47 heavy (non-hydrogen) atoms. The summed E-state index contributed by atoms with van der Waals surface area (Å²) in [6.45, 7) is 3.32. The van der Waals surface area contributed by atoms with E-state index >= 15 is 0 Å². The van der Waals surface area contributed by atoms with Crippen molar-refractivity contribution in [1.29, 1.82) is 0 Å². The van der Waals surface area contributed by atoms with E-state index in [0.717, 1.165) is 27.9 Å². The fourth-order valence-corrected chi connectivity index (χ4v) is 6.16. The summed E-state index contributed by atoms with van der Waals surface area (Å²) < 4.78 is 126. The molecular weight excluding hydrogens is 667 g/mol. The Hall–Kier alpha value is -3.54. The van der Waals surface area contributed by atoms with Crippen molar-refractivity contribution in [1.82, 2.24) is 20.2 Å². The molecule has 1 unspecified atom stereocenters. The number of hydrogen-bond acceptors (Lipinski definition) is 7. The van der Waals surface area contributed by atoms with E-state index in [0.29, 0.717) is 12.1 Å². The predicted molar refractivity (Wildman–Crippen MR) is 155 cm³/mol. The first-order valence-corrected chi connectivity index (χ1v) is 15.6. The molecule has 2 heterocycles. The molecule has 3 atom stereocenters. The minimum Gasteiger partial charge on any atom is -0.449 e. The van der Waals surface area contributed by atoms with Crippen molar-refractivity contribution in [3.8, 4) is 0 Å². The lowest BCUT2D eigenvalue weighted by Gasteiger charge is -2.46. The molecule has 0 spiro atoms. The number of hydrogen-bond donors (Lipinski definition) is 1. The van der Waals surface area contributed by atoms with Crippen LogP contribution >= 0.6 is 11.8 Å². The second-order valence-electron chi connectivity index (χ2n) is 11.0. The number of fused-ring (bicyclic) bond motifs is 1. The number of aromatic nitrogens is 4. The number of thioether (sulfide) groups is 1. The van der Waals surface area contributed by atoms with Crippen LogP contribution in [0, 0.1) is 0 Å². The molecule has 0 radical (unpaired) electrons. The quantitative estimate of drug-likeness (QED) is 0.229. The van der Waals surface area contributed by atoms with Gasteiger partial charge in [0.15, 0.2) is 5.82 Å². The molecular formula is C29H31F9N6O2S. The number of aryl methyl sites for hydroxylation is 1. The van der Waals surface area contributed by atoms with Gasteiger partial charge < -0.3 is 10.5 Å². The molecule has 8 nitrogen and oxygen atoms in total. The Labute approximate surface area is 267 Å². The molecule has 0 bridgehead atoms. The molecule has 1 aliphatic heterocycles. The lowest BCUT2D eigenvalue weighted by atomic mass is 9.80. The first-order chi connectivity index (χ1) is 21.8. The van der Waals surface area contributed by atoms with Crippen molar-refractivity contribution in [2.45, 2.75) is 81.4 Å². The highest BCUT2D eigenvalue weighted by Gasteiger charge is 2.47. The number of nitrogens with zero attached hydrogens (tertiary/aromatic N) is 5. The monoisotopic (exact) mass is 698 g/mol. The molecule has 4 rings (SSSR count). The molecule has 2 aromatic carbocycles. The van der Waals surface area contributed by atoms with Gasteiger partial charge in [-0.3, -0.25) is 4.90 Å². The summed E-state index contributed by atoms with van der Waals surface area (Å²) in [5, 5.41) is 12.0. The zero-order chi connectivity index (χ0) is 34.9. The average molecular weight is 699 g/mol. The molecule has 2 N–H and O–H groups in total. The van der Waals surface area contributed by atoms with Gasteiger partial charge in [-0.25, -0.2) is 4.79 Å². The number of ether oxygens (including phenoxy) is 1. The third kappa shape index (κ3) is 8.13. The lowest BCUT2D eigenvalue weighted by molar-refractivity contribution is -0.143. The highest BCUT2D eigenvalue weighted by Crippen LogP contribution is 2.47. The second-order valence-corrected chi connectivity index (χ2v) is 12.2.